The summed E-state index contributed by atoms with van der Waals surface area (Å²) < 4.78 is 37.8. The van der Waals surface area contributed by atoms with E-state index in [1.54, 1.807) is 0 Å². The summed E-state index contributed by atoms with van der Waals surface area (Å²) in [7, 11) is 0. The van der Waals surface area contributed by atoms with E-state index in [-0.39, 0.29) is 25.9 Å². The Morgan fingerprint density at radius 2 is 1.70 bits per heavy atom. The predicted octanol–water partition coefficient (Wildman–Crippen LogP) is 4.82. The van der Waals surface area contributed by atoms with Crippen molar-refractivity contribution >= 4 is 57.6 Å². The van der Waals surface area contributed by atoms with E-state index in [1.807, 2.05) is 0 Å². The first kappa shape index (κ1) is 16.1. The molecule has 3 nitrogen and oxygen atoms in total. The van der Waals surface area contributed by atoms with Crippen LogP contribution in [0.25, 0.3) is 5.69 Å². The number of alkyl halides is 2. The second-order valence-electron chi connectivity index (χ2n) is 3.49. The third-order valence-corrected chi connectivity index (χ3v) is 4.16. The number of benzene rings is 1. The van der Waals surface area contributed by atoms with E-state index in [1.165, 1.54) is 18.3 Å². The number of hydrogen-bond donors (Lipinski definition) is 0. The monoisotopic (exact) mass is 378 g/mol. The molecule has 1 unspecified atom stereocenters. The maximum atomic E-state index is 12.6. The van der Waals surface area contributed by atoms with Crippen molar-refractivity contribution in [3.8, 4) is 5.69 Å². The van der Waals surface area contributed by atoms with Crippen LogP contribution in [0, 0.1) is 0 Å². The fourth-order valence-corrected chi connectivity index (χ4v) is 3.39. The average molecular weight is 380 g/mol. The van der Waals surface area contributed by atoms with Gasteiger partial charge in [-0.15, -0.1) is 0 Å². The van der Waals surface area contributed by atoms with Crippen LogP contribution in [0.2, 0.25) is 20.2 Å². The van der Waals surface area contributed by atoms with Gasteiger partial charge in [0.1, 0.15) is 0 Å². The molecule has 10 heteroatoms. The van der Waals surface area contributed by atoms with Crippen LogP contribution >= 0.6 is 46.4 Å². The lowest BCUT2D eigenvalue weighted by Crippen LogP contribution is -2.17. The standard InChI is InChI=1S/C10H4Cl4F2N2OS/c11-4-1-5(12)8(6(13)2-4)18-3-7(14)17-10(18)20(19)9(15)16/h1-3,9H. The van der Waals surface area contributed by atoms with Gasteiger partial charge in [-0.05, 0) is 12.1 Å². The molecule has 0 N–H and O–H groups in total. The third kappa shape index (κ3) is 3.16. The molecular weight excluding hydrogens is 376 g/mol. The zero-order chi connectivity index (χ0) is 15.0. The van der Waals surface area contributed by atoms with Crippen molar-refractivity contribution in [2.75, 3.05) is 0 Å². The Bertz CT molecular complexity index is 629. The Balaban J connectivity index is 2.65. The van der Waals surface area contributed by atoms with Crippen molar-refractivity contribution in [3.63, 3.8) is 0 Å². The Kier molecular flexibility index (Phi) is 5.05. The highest BCUT2D eigenvalue weighted by Crippen LogP contribution is 2.35. The molecule has 20 heavy (non-hydrogen) atoms. The van der Waals surface area contributed by atoms with Crippen molar-refractivity contribution < 1.29 is 13.3 Å². The molecule has 0 spiro atoms. The van der Waals surface area contributed by atoms with E-state index >= 15 is 0 Å². The summed E-state index contributed by atoms with van der Waals surface area (Å²) in [6.07, 6.45) is 1.19. The molecule has 2 aromatic rings. The Morgan fingerprint density at radius 3 is 2.20 bits per heavy atom. The highest BCUT2D eigenvalue weighted by Gasteiger charge is 2.31. The van der Waals surface area contributed by atoms with Crippen LogP contribution in [0.4, 0.5) is 8.78 Å². The van der Waals surface area contributed by atoms with E-state index in [0.717, 1.165) is 4.57 Å². The van der Waals surface area contributed by atoms with Crippen molar-refractivity contribution in [2.24, 2.45) is 0 Å². The van der Waals surface area contributed by atoms with E-state index in [2.05, 4.69) is 4.98 Å². The van der Waals surface area contributed by atoms with Gasteiger partial charge >= 0.3 is 10.9 Å². The molecule has 1 atom stereocenters. The van der Waals surface area contributed by atoms with Gasteiger partial charge in [0.15, 0.2) is 5.15 Å². The molecular formula is C10H4Cl4F2N2OS. The molecule has 0 aliphatic rings. The quantitative estimate of drug-likeness (QED) is 0.717. The van der Waals surface area contributed by atoms with Crippen molar-refractivity contribution in [3.05, 3.63) is 38.6 Å². The van der Waals surface area contributed by atoms with Gasteiger partial charge < -0.3 is 4.55 Å². The van der Waals surface area contributed by atoms with Crippen molar-refractivity contribution in [2.45, 2.75) is 10.9 Å². The highest BCUT2D eigenvalue weighted by atomic mass is 35.5. The summed E-state index contributed by atoms with van der Waals surface area (Å²) in [5.41, 5.74) is 0.126. The third-order valence-electron chi connectivity index (χ3n) is 2.21. The zero-order valence-electron chi connectivity index (χ0n) is 9.29. The molecule has 1 heterocycles. The normalized spacial score (nSPS) is 13.0. The van der Waals surface area contributed by atoms with Crippen molar-refractivity contribution in [1.82, 2.24) is 9.55 Å². The molecule has 0 saturated heterocycles. The molecule has 2 rings (SSSR count). The summed E-state index contributed by atoms with van der Waals surface area (Å²) in [4.78, 5) is 3.61. The fourth-order valence-electron chi connectivity index (χ4n) is 1.48. The first-order chi connectivity index (χ1) is 9.31. The minimum Gasteiger partial charge on any atom is -0.604 e. The van der Waals surface area contributed by atoms with Crippen molar-refractivity contribution in [1.29, 1.82) is 0 Å². The summed E-state index contributed by atoms with van der Waals surface area (Å²) in [5, 5.41) is -0.119. The summed E-state index contributed by atoms with van der Waals surface area (Å²) in [6.45, 7) is 0. The minimum atomic E-state index is -3.11. The first-order valence-corrected chi connectivity index (χ1v) is 7.62. The SMILES string of the molecule is [O-][S+](c1nc(Cl)cn1-c1c(Cl)cc(Cl)cc1Cl)C(F)F. The van der Waals surface area contributed by atoms with Crippen LogP contribution < -0.4 is 0 Å². The van der Waals surface area contributed by atoms with Crippen LogP contribution in [0.3, 0.4) is 0 Å². The lowest BCUT2D eigenvalue weighted by atomic mass is 10.3. The van der Waals surface area contributed by atoms with Gasteiger partial charge in [0.2, 0.25) is 0 Å². The fraction of sp³-hybridized carbons (Fsp3) is 0.100. The van der Waals surface area contributed by atoms with Crippen LogP contribution in [-0.2, 0) is 11.2 Å². The number of hydrogen-bond acceptors (Lipinski definition) is 2. The van der Waals surface area contributed by atoms with Gasteiger partial charge in [0.05, 0.1) is 33.1 Å². The second-order valence-corrected chi connectivity index (χ2v) is 6.45. The van der Waals surface area contributed by atoms with Crippen LogP contribution in [0.1, 0.15) is 0 Å². The van der Waals surface area contributed by atoms with Gasteiger partial charge in [-0.25, -0.2) is 0 Å². The topological polar surface area (TPSA) is 40.9 Å². The number of nitrogens with zero attached hydrogens (tertiary/aromatic N) is 2. The predicted molar refractivity (Wildman–Crippen MR) is 76.0 cm³/mol. The molecule has 0 bridgehead atoms. The summed E-state index contributed by atoms with van der Waals surface area (Å²) in [6, 6.07) is 2.74. The van der Waals surface area contributed by atoms with Crippen LogP contribution in [0.5, 0.6) is 0 Å². The zero-order valence-corrected chi connectivity index (χ0v) is 13.1. The smallest absolute Gasteiger partial charge is 0.405 e. The molecule has 0 fully saturated rings. The summed E-state index contributed by atoms with van der Waals surface area (Å²) >= 11 is 20.8. The number of halogens is 6. The molecule has 0 radical (unpaired) electrons. The number of aromatic nitrogens is 2. The number of rotatable bonds is 3. The maximum Gasteiger partial charge on any atom is 0.405 e. The van der Waals surface area contributed by atoms with E-state index in [0.29, 0.717) is 0 Å². The molecule has 108 valence electrons. The maximum absolute atomic E-state index is 12.6. The molecule has 0 saturated carbocycles. The van der Waals surface area contributed by atoms with E-state index in [9.17, 15) is 13.3 Å². The Hall–Kier alpha value is -0.240. The van der Waals surface area contributed by atoms with Gasteiger partial charge in [-0.2, -0.15) is 13.8 Å². The van der Waals surface area contributed by atoms with Gasteiger partial charge in [-0.1, -0.05) is 46.4 Å². The Labute approximate surface area is 135 Å². The first-order valence-electron chi connectivity index (χ1n) is 4.89. The van der Waals surface area contributed by atoms with E-state index in [4.69, 9.17) is 46.4 Å². The molecule has 1 aromatic carbocycles. The van der Waals surface area contributed by atoms with Gasteiger partial charge in [0, 0.05) is 5.02 Å². The molecule has 0 amide bonds. The molecule has 0 aliphatic heterocycles. The van der Waals surface area contributed by atoms with Crippen LogP contribution in [0.15, 0.2) is 23.5 Å². The van der Waals surface area contributed by atoms with E-state index < -0.39 is 22.1 Å². The number of imidazole rings is 1. The highest BCUT2D eigenvalue weighted by molar-refractivity contribution is 7.91. The van der Waals surface area contributed by atoms with Gasteiger partial charge in [-0.3, -0.25) is 4.57 Å². The molecule has 1 aromatic heterocycles. The second kappa shape index (κ2) is 6.25. The average Bonchev–Trinajstić information content (AvgIpc) is 2.68. The summed E-state index contributed by atoms with van der Waals surface area (Å²) in [5.74, 6) is -3.11. The lowest BCUT2D eigenvalue weighted by Gasteiger charge is -2.13. The largest absolute Gasteiger partial charge is 0.604 e. The Morgan fingerprint density at radius 1 is 1.15 bits per heavy atom. The van der Waals surface area contributed by atoms with Crippen LogP contribution in [-0.4, -0.2) is 19.9 Å². The molecule has 0 aliphatic carbocycles. The minimum absolute atomic E-state index is 0.0871. The van der Waals surface area contributed by atoms with Gasteiger partial charge in [0.25, 0.3) is 0 Å². The lowest BCUT2D eigenvalue weighted by molar-refractivity contribution is 0.233.